The zero-order valence-electron chi connectivity index (χ0n) is 47.9. The first kappa shape index (κ1) is 69.1. The van der Waals surface area contributed by atoms with E-state index in [1.807, 2.05) is 0 Å². The van der Waals surface area contributed by atoms with Crippen molar-refractivity contribution in [2.75, 3.05) is 6.61 Å². The van der Waals surface area contributed by atoms with Crippen molar-refractivity contribution >= 4 is 11.9 Å². The molecule has 0 aliphatic carbocycles. The Labute approximate surface area is 443 Å². The predicted molar refractivity (Wildman–Crippen MR) is 310 cm³/mol. The van der Waals surface area contributed by atoms with Gasteiger partial charge in [0.2, 0.25) is 5.91 Å². The fourth-order valence-corrected chi connectivity index (χ4v) is 9.97. The van der Waals surface area contributed by atoms with Gasteiger partial charge in [-0.2, -0.15) is 0 Å². The Morgan fingerprint density at radius 3 is 1.08 bits per heavy atom. The molecular weight excluding hydrogens is 875 g/mol. The minimum atomic E-state index is -0.796. The van der Waals surface area contributed by atoms with Gasteiger partial charge in [0.15, 0.2) is 0 Å². The number of ether oxygens (including phenoxy) is 1. The van der Waals surface area contributed by atoms with Gasteiger partial charge in [-0.15, -0.1) is 0 Å². The monoisotopic (exact) mass is 998 g/mol. The van der Waals surface area contributed by atoms with Gasteiger partial charge in [0.1, 0.15) is 6.10 Å². The van der Waals surface area contributed by atoms with Crippen molar-refractivity contribution in [2.45, 2.75) is 360 Å². The second-order valence-corrected chi connectivity index (χ2v) is 21.9. The first-order chi connectivity index (χ1) is 35.0. The number of esters is 1. The lowest BCUT2D eigenvalue weighted by Gasteiger charge is -2.24. The Hall–Kier alpha value is -1.92. The van der Waals surface area contributed by atoms with Crippen LogP contribution in [0.2, 0.25) is 0 Å². The summed E-state index contributed by atoms with van der Waals surface area (Å²) in [5, 5.41) is 24.0. The van der Waals surface area contributed by atoms with E-state index in [1.54, 1.807) is 0 Å². The summed E-state index contributed by atoms with van der Waals surface area (Å²) in [5.41, 5.74) is 0. The Morgan fingerprint density at radius 2 is 0.718 bits per heavy atom. The van der Waals surface area contributed by atoms with Crippen LogP contribution in [0.3, 0.4) is 0 Å². The molecule has 0 rings (SSSR count). The van der Waals surface area contributed by atoms with Crippen LogP contribution in [-0.2, 0) is 14.3 Å². The molecule has 0 saturated carbocycles. The number of aliphatic hydroxyl groups is 2. The molecule has 0 radical (unpaired) electrons. The van der Waals surface area contributed by atoms with Gasteiger partial charge >= 0.3 is 5.97 Å². The van der Waals surface area contributed by atoms with Gasteiger partial charge < -0.3 is 20.3 Å². The van der Waals surface area contributed by atoms with Gasteiger partial charge in [0, 0.05) is 6.42 Å². The molecule has 3 unspecified atom stereocenters. The lowest BCUT2D eigenvalue weighted by atomic mass is 10.0. The predicted octanol–water partition coefficient (Wildman–Crippen LogP) is 20.0. The third kappa shape index (κ3) is 54.2. The molecule has 0 aromatic heterocycles. The van der Waals surface area contributed by atoms with Crippen LogP contribution >= 0.6 is 0 Å². The summed E-state index contributed by atoms with van der Waals surface area (Å²) in [7, 11) is 0. The number of unbranched alkanes of at least 4 members (excludes halogenated alkanes) is 42. The van der Waals surface area contributed by atoms with E-state index < -0.39 is 18.2 Å². The van der Waals surface area contributed by atoms with E-state index in [4.69, 9.17) is 4.74 Å². The van der Waals surface area contributed by atoms with E-state index in [-0.39, 0.29) is 24.9 Å². The highest BCUT2D eigenvalue weighted by Gasteiger charge is 2.24. The van der Waals surface area contributed by atoms with Gasteiger partial charge in [-0.3, -0.25) is 9.59 Å². The van der Waals surface area contributed by atoms with E-state index in [9.17, 15) is 19.8 Å². The number of amides is 1. The number of carbonyl (C=O) groups is 2. The molecule has 0 fully saturated rings. The van der Waals surface area contributed by atoms with Gasteiger partial charge in [-0.1, -0.05) is 314 Å². The normalized spacial score (nSPS) is 13.3. The highest BCUT2D eigenvalue weighted by atomic mass is 16.5. The molecule has 1 amide bonds. The van der Waals surface area contributed by atoms with E-state index in [2.05, 4.69) is 62.5 Å². The molecular formula is C65H123NO5. The molecule has 0 aliphatic heterocycles. The van der Waals surface area contributed by atoms with E-state index in [0.717, 1.165) is 70.6 Å². The summed E-state index contributed by atoms with van der Waals surface area (Å²) in [5.74, 6) is -0.486. The molecule has 3 atom stereocenters. The molecule has 0 aromatic rings. The zero-order chi connectivity index (χ0) is 51.6. The third-order valence-corrected chi connectivity index (χ3v) is 14.8. The second kappa shape index (κ2) is 59.0. The standard InChI is InChI=1S/C65H123NO5/c1-4-7-10-13-16-19-22-25-28-31-32-34-37-40-43-46-49-52-55-58-65(70)71-61(56-53-50-47-44-41-38-35-30-27-24-21-18-15-12-9-6-3)59-64(69)66-62(60-67)63(68)57-54-51-48-45-42-39-36-33-29-26-23-20-17-14-11-8-5-2/h24,27,30,35,38,41,61-63,67-68H,4-23,25-26,28-29,31-34,36-37,39-40,42-60H2,1-3H3,(H,66,69)/b27-24+,35-30+,41-38+. The van der Waals surface area contributed by atoms with Crippen molar-refractivity contribution < 1.29 is 24.5 Å². The molecule has 3 N–H and O–H groups in total. The first-order valence-electron chi connectivity index (χ1n) is 31.7. The van der Waals surface area contributed by atoms with Crippen molar-refractivity contribution in [3.8, 4) is 0 Å². The van der Waals surface area contributed by atoms with Crippen molar-refractivity contribution in [1.82, 2.24) is 5.32 Å². The Morgan fingerprint density at radius 1 is 0.408 bits per heavy atom. The molecule has 6 heteroatoms. The average Bonchev–Trinajstić information content (AvgIpc) is 3.36. The van der Waals surface area contributed by atoms with Crippen LogP contribution in [0.1, 0.15) is 342 Å². The number of carbonyl (C=O) groups excluding carboxylic acids is 2. The maximum Gasteiger partial charge on any atom is 0.306 e. The van der Waals surface area contributed by atoms with Crippen LogP contribution in [0.4, 0.5) is 0 Å². The van der Waals surface area contributed by atoms with E-state index >= 15 is 0 Å². The van der Waals surface area contributed by atoms with Crippen molar-refractivity contribution in [3.05, 3.63) is 36.5 Å². The van der Waals surface area contributed by atoms with Crippen molar-refractivity contribution in [3.63, 3.8) is 0 Å². The maximum atomic E-state index is 13.3. The van der Waals surface area contributed by atoms with Crippen LogP contribution in [0.5, 0.6) is 0 Å². The molecule has 0 heterocycles. The Kier molecular flexibility index (Phi) is 57.4. The quantitative estimate of drug-likeness (QED) is 0.0321. The summed E-state index contributed by atoms with van der Waals surface area (Å²) < 4.78 is 5.97. The average molecular weight is 999 g/mol. The summed E-state index contributed by atoms with van der Waals surface area (Å²) in [4.78, 5) is 26.4. The number of hydrogen-bond acceptors (Lipinski definition) is 5. The zero-order valence-corrected chi connectivity index (χ0v) is 47.9. The molecule has 0 aromatic carbocycles. The topological polar surface area (TPSA) is 95.9 Å². The lowest BCUT2D eigenvalue weighted by Crippen LogP contribution is -2.46. The minimum absolute atomic E-state index is 0.0598. The highest BCUT2D eigenvalue weighted by molar-refractivity contribution is 5.77. The van der Waals surface area contributed by atoms with Crippen LogP contribution in [0, 0.1) is 0 Å². The largest absolute Gasteiger partial charge is 0.462 e. The van der Waals surface area contributed by atoms with Crippen LogP contribution in [0.15, 0.2) is 36.5 Å². The molecule has 71 heavy (non-hydrogen) atoms. The van der Waals surface area contributed by atoms with Gasteiger partial charge in [-0.05, 0) is 51.4 Å². The highest BCUT2D eigenvalue weighted by Crippen LogP contribution is 2.19. The number of hydrogen-bond donors (Lipinski definition) is 3. The SMILES string of the molecule is CCCCCCC/C=C/C=C/C=C/CCCCCC(CC(=O)NC(CO)C(O)CCCCCCCCCCCCCCCCCCC)OC(=O)CCCCCCCCCCCCCCCCCCCCC. The van der Waals surface area contributed by atoms with Crippen LogP contribution in [0.25, 0.3) is 0 Å². The minimum Gasteiger partial charge on any atom is -0.462 e. The second-order valence-electron chi connectivity index (χ2n) is 21.9. The Balaban J connectivity index is 4.53. The van der Waals surface area contributed by atoms with E-state index in [0.29, 0.717) is 19.3 Å². The smallest absolute Gasteiger partial charge is 0.306 e. The molecule has 0 spiro atoms. The number of allylic oxidation sites excluding steroid dienone is 6. The fourth-order valence-electron chi connectivity index (χ4n) is 9.97. The number of nitrogens with one attached hydrogen (secondary N) is 1. The maximum absolute atomic E-state index is 13.3. The lowest BCUT2D eigenvalue weighted by molar-refractivity contribution is -0.151. The van der Waals surface area contributed by atoms with Crippen molar-refractivity contribution in [1.29, 1.82) is 0 Å². The van der Waals surface area contributed by atoms with Crippen molar-refractivity contribution in [2.24, 2.45) is 0 Å². The van der Waals surface area contributed by atoms with Crippen LogP contribution < -0.4 is 5.32 Å². The summed E-state index contributed by atoms with van der Waals surface area (Å²) >= 11 is 0. The van der Waals surface area contributed by atoms with Gasteiger partial charge in [0.05, 0.1) is 25.2 Å². The molecule has 418 valence electrons. The van der Waals surface area contributed by atoms with E-state index in [1.165, 1.54) is 225 Å². The van der Waals surface area contributed by atoms with Crippen LogP contribution in [-0.4, -0.2) is 46.9 Å². The fraction of sp³-hybridized carbons (Fsp3) is 0.877. The summed E-state index contributed by atoms with van der Waals surface area (Å²) in [6.07, 6.45) is 72.2. The Bertz CT molecular complexity index is 1170. The molecule has 6 nitrogen and oxygen atoms in total. The summed E-state index contributed by atoms with van der Waals surface area (Å²) in [6.45, 7) is 6.51. The molecule has 0 saturated heterocycles. The number of aliphatic hydroxyl groups excluding tert-OH is 2. The van der Waals surface area contributed by atoms with Gasteiger partial charge in [-0.25, -0.2) is 0 Å². The van der Waals surface area contributed by atoms with Gasteiger partial charge in [0.25, 0.3) is 0 Å². The third-order valence-electron chi connectivity index (χ3n) is 14.8. The summed E-state index contributed by atoms with van der Waals surface area (Å²) in [6, 6.07) is -0.712. The molecule has 0 bridgehead atoms. The first-order valence-corrected chi connectivity index (χ1v) is 31.7. The number of rotatable bonds is 58. The molecule has 0 aliphatic rings.